The van der Waals surface area contributed by atoms with Gasteiger partial charge in [-0.05, 0) is 41.8 Å². The first-order valence-corrected chi connectivity index (χ1v) is 10.3. The SMILES string of the molecule is COc1ncccc1C1C(C(=O)CC(C)C)=C(O)C(=O)N1c1ccc(-c2ccoc2)cc1. The largest absolute Gasteiger partial charge is 0.503 e. The molecule has 0 aliphatic carbocycles. The molecule has 1 aliphatic rings. The topological polar surface area (TPSA) is 92.9 Å². The fourth-order valence-corrected chi connectivity index (χ4v) is 3.96. The Labute approximate surface area is 186 Å². The van der Waals surface area contributed by atoms with Gasteiger partial charge in [-0.25, -0.2) is 4.98 Å². The number of hydrogen-bond donors (Lipinski definition) is 1. The molecule has 0 saturated heterocycles. The molecule has 1 aliphatic heterocycles. The predicted octanol–water partition coefficient (Wildman–Crippen LogP) is 4.87. The average Bonchev–Trinajstić information content (AvgIpc) is 3.41. The van der Waals surface area contributed by atoms with E-state index in [9.17, 15) is 14.7 Å². The number of nitrogens with zero attached hydrogens (tertiary/aromatic N) is 2. The minimum atomic E-state index is -0.850. The number of amides is 1. The van der Waals surface area contributed by atoms with E-state index in [1.54, 1.807) is 43.0 Å². The first-order valence-electron chi connectivity index (χ1n) is 10.3. The Balaban J connectivity index is 1.82. The lowest BCUT2D eigenvalue weighted by molar-refractivity contribution is -0.118. The van der Waals surface area contributed by atoms with Gasteiger partial charge in [0.25, 0.3) is 5.91 Å². The summed E-state index contributed by atoms with van der Waals surface area (Å²) >= 11 is 0. The zero-order chi connectivity index (χ0) is 22.8. The summed E-state index contributed by atoms with van der Waals surface area (Å²) < 4.78 is 10.6. The van der Waals surface area contributed by atoms with Crippen molar-refractivity contribution in [3.8, 4) is 17.0 Å². The molecule has 0 bridgehead atoms. The smallest absolute Gasteiger partial charge is 0.294 e. The molecule has 1 N–H and O–H groups in total. The van der Waals surface area contributed by atoms with Crippen LogP contribution in [0.15, 0.2) is 76.9 Å². The number of Topliss-reactive ketones (excluding diaryl/α,β-unsaturated/α-hetero) is 1. The molecular weight excluding hydrogens is 408 g/mol. The van der Waals surface area contributed by atoms with E-state index < -0.39 is 17.7 Å². The Morgan fingerprint density at radius 1 is 1.19 bits per heavy atom. The molecule has 164 valence electrons. The first kappa shape index (κ1) is 21.4. The molecule has 1 aromatic carbocycles. The normalized spacial score (nSPS) is 16.2. The number of anilines is 1. The molecule has 4 rings (SSSR count). The molecule has 1 unspecified atom stereocenters. The van der Waals surface area contributed by atoms with Crippen molar-refractivity contribution in [1.29, 1.82) is 0 Å². The van der Waals surface area contributed by atoms with Crippen LogP contribution in [0.1, 0.15) is 31.9 Å². The number of aliphatic hydroxyl groups excluding tert-OH is 1. The number of pyridine rings is 1. The Bertz CT molecular complexity index is 1160. The third-order valence-corrected chi connectivity index (χ3v) is 5.39. The van der Waals surface area contributed by atoms with E-state index in [0.717, 1.165) is 11.1 Å². The summed E-state index contributed by atoms with van der Waals surface area (Å²) in [4.78, 5) is 32.0. The van der Waals surface area contributed by atoms with E-state index in [0.29, 0.717) is 11.3 Å². The second kappa shape index (κ2) is 8.70. The highest BCUT2D eigenvalue weighted by molar-refractivity contribution is 6.16. The number of benzene rings is 1. The quantitative estimate of drug-likeness (QED) is 0.573. The van der Waals surface area contributed by atoms with Crippen molar-refractivity contribution in [3.63, 3.8) is 0 Å². The number of hydrogen-bond acceptors (Lipinski definition) is 6. The lowest BCUT2D eigenvalue weighted by Crippen LogP contribution is -2.31. The van der Waals surface area contributed by atoms with E-state index in [1.165, 1.54) is 12.0 Å². The molecule has 3 heterocycles. The zero-order valence-electron chi connectivity index (χ0n) is 18.1. The Hall–Kier alpha value is -3.87. The van der Waals surface area contributed by atoms with E-state index in [2.05, 4.69) is 4.98 Å². The summed E-state index contributed by atoms with van der Waals surface area (Å²) in [5.74, 6) is -1.10. The van der Waals surface area contributed by atoms with Crippen LogP contribution in [0.25, 0.3) is 11.1 Å². The van der Waals surface area contributed by atoms with Gasteiger partial charge in [-0.2, -0.15) is 0 Å². The van der Waals surface area contributed by atoms with Gasteiger partial charge in [0, 0.05) is 29.4 Å². The van der Waals surface area contributed by atoms with Crippen LogP contribution < -0.4 is 9.64 Å². The summed E-state index contributed by atoms with van der Waals surface area (Å²) in [6.07, 6.45) is 5.00. The summed E-state index contributed by atoms with van der Waals surface area (Å²) in [5, 5.41) is 10.8. The van der Waals surface area contributed by atoms with Crippen LogP contribution in [0.5, 0.6) is 5.88 Å². The molecule has 7 nitrogen and oxygen atoms in total. The molecule has 7 heteroatoms. The van der Waals surface area contributed by atoms with Crippen molar-refractivity contribution < 1.29 is 23.8 Å². The van der Waals surface area contributed by atoms with Gasteiger partial charge in [0.15, 0.2) is 11.5 Å². The van der Waals surface area contributed by atoms with Gasteiger partial charge < -0.3 is 14.3 Å². The zero-order valence-corrected chi connectivity index (χ0v) is 18.1. The highest BCUT2D eigenvalue weighted by atomic mass is 16.5. The number of rotatable bonds is 7. The van der Waals surface area contributed by atoms with Gasteiger partial charge in [-0.1, -0.05) is 26.0 Å². The third-order valence-electron chi connectivity index (χ3n) is 5.39. The number of ether oxygens (including phenoxy) is 1. The highest BCUT2D eigenvalue weighted by Crippen LogP contribution is 2.44. The predicted molar refractivity (Wildman–Crippen MR) is 119 cm³/mol. The standard InChI is InChI=1S/C25H24N2O5/c1-15(2)13-20(28)21-22(19-5-4-11-26-24(19)31-3)27(25(30)23(21)29)18-8-6-16(7-9-18)17-10-12-32-14-17/h4-12,14-15,22,29H,13H2,1-3H3. The Morgan fingerprint density at radius 3 is 2.56 bits per heavy atom. The van der Waals surface area contributed by atoms with Crippen molar-refractivity contribution in [2.75, 3.05) is 12.0 Å². The van der Waals surface area contributed by atoms with Crippen molar-refractivity contribution in [2.24, 2.45) is 5.92 Å². The van der Waals surface area contributed by atoms with Gasteiger partial charge in [0.1, 0.15) is 6.04 Å². The number of methoxy groups -OCH3 is 1. The van der Waals surface area contributed by atoms with Gasteiger partial charge in [0.05, 0.1) is 25.2 Å². The molecule has 0 fully saturated rings. The lowest BCUT2D eigenvalue weighted by atomic mass is 9.92. The molecule has 0 saturated carbocycles. The number of aromatic nitrogens is 1. The first-order chi connectivity index (χ1) is 15.4. The van der Waals surface area contributed by atoms with Crippen molar-refractivity contribution in [1.82, 2.24) is 4.98 Å². The molecule has 0 radical (unpaired) electrons. The monoisotopic (exact) mass is 432 g/mol. The van der Waals surface area contributed by atoms with Crippen LogP contribution in [-0.2, 0) is 9.59 Å². The average molecular weight is 432 g/mol. The van der Waals surface area contributed by atoms with Crippen LogP contribution in [0.2, 0.25) is 0 Å². The van der Waals surface area contributed by atoms with Crippen LogP contribution in [0.4, 0.5) is 5.69 Å². The van der Waals surface area contributed by atoms with Crippen LogP contribution >= 0.6 is 0 Å². The van der Waals surface area contributed by atoms with Crippen LogP contribution in [0, 0.1) is 5.92 Å². The number of aliphatic hydroxyl groups is 1. The maximum absolute atomic E-state index is 13.2. The lowest BCUT2D eigenvalue weighted by Gasteiger charge is -2.27. The molecular formula is C25H24N2O5. The van der Waals surface area contributed by atoms with Crippen molar-refractivity contribution in [3.05, 3.63) is 78.1 Å². The molecule has 1 amide bonds. The van der Waals surface area contributed by atoms with Gasteiger partial charge >= 0.3 is 0 Å². The van der Waals surface area contributed by atoms with E-state index in [-0.39, 0.29) is 29.6 Å². The maximum atomic E-state index is 13.2. The molecule has 1 atom stereocenters. The number of carbonyl (C=O) groups excluding carboxylic acids is 2. The second-order valence-electron chi connectivity index (χ2n) is 8.02. The fraction of sp³-hybridized carbons (Fsp3) is 0.240. The number of carbonyl (C=O) groups is 2. The number of ketones is 1. The minimum Gasteiger partial charge on any atom is -0.503 e. The summed E-state index contributed by atoms with van der Waals surface area (Å²) in [6.45, 7) is 3.83. The number of furan rings is 1. The third kappa shape index (κ3) is 3.77. The maximum Gasteiger partial charge on any atom is 0.294 e. The summed E-state index contributed by atoms with van der Waals surface area (Å²) in [7, 11) is 1.48. The molecule has 32 heavy (non-hydrogen) atoms. The Morgan fingerprint density at radius 2 is 1.94 bits per heavy atom. The molecule has 3 aromatic rings. The summed E-state index contributed by atoms with van der Waals surface area (Å²) in [6, 6.07) is 11.7. The van der Waals surface area contributed by atoms with Gasteiger partial charge in [0.2, 0.25) is 5.88 Å². The van der Waals surface area contributed by atoms with E-state index in [4.69, 9.17) is 9.15 Å². The van der Waals surface area contributed by atoms with Gasteiger partial charge in [-0.3, -0.25) is 14.5 Å². The van der Waals surface area contributed by atoms with Crippen LogP contribution in [-0.4, -0.2) is 28.9 Å². The Kier molecular flexibility index (Phi) is 5.81. The van der Waals surface area contributed by atoms with E-state index >= 15 is 0 Å². The van der Waals surface area contributed by atoms with Crippen molar-refractivity contribution >= 4 is 17.4 Å². The fourth-order valence-electron chi connectivity index (χ4n) is 3.96. The summed E-state index contributed by atoms with van der Waals surface area (Å²) in [5.41, 5.74) is 2.95. The molecule has 0 spiro atoms. The van der Waals surface area contributed by atoms with E-state index in [1.807, 2.05) is 32.0 Å². The van der Waals surface area contributed by atoms with Crippen molar-refractivity contribution in [2.45, 2.75) is 26.3 Å². The minimum absolute atomic E-state index is 0.0638. The highest BCUT2D eigenvalue weighted by Gasteiger charge is 2.45. The second-order valence-corrected chi connectivity index (χ2v) is 8.02. The van der Waals surface area contributed by atoms with Crippen LogP contribution in [0.3, 0.4) is 0 Å². The van der Waals surface area contributed by atoms with Gasteiger partial charge in [-0.15, -0.1) is 0 Å². The molecule has 2 aromatic heterocycles.